The Balaban J connectivity index is 2.15. The number of methoxy groups -OCH3 is 1. The van der Waals surface area contributed by atoms with E-state index in [0.29, 0.717) is 5.75 Å². The Morgan fingerprint density at radius 1 is 1.19 bits per heavy atom. The summed E-state index contributed by atoms with van der Waals surface area (Å²) in [5, 5.41) is 0. The fourth-order valence-electron chi connectivity index (χ4n) is 1.73. The van der Waals surface area contributed by atoms with E-state index in [9.17, 15) is 12.8 Å². The van der Waals surface area contributed by atoms with Gasteiger partial charge in [0.15, 0.2) is 0 Å². The lowest BCUT2D eigenvalue weighted by atomic mass is 10.2. The summed E-state index contributed by atoms with van der Waals surface area (Å²) in [7, 11) is -2.42. The first kappa shape index (κ1) is 15.3. The van der Waals surface area contributed by atoms with E-state index in [2.05, 4.69) is 4.72 Å². The van der Waals surface area contributed by atoms with Crippen LogP contribution in [0.2, 0.25) is 0 Å². The summed E-state index contributed by atoms with van der Waals surface area (Å²) < 4.78 is 45.1. The molecule has 7 heteroatoms. The number of sulfonamides is 1. The van der Waals surface area contributed by atoms with E-state index in [1.54, 1.807) is 31.4 Å². The van der Waals surface area contributed by atoms with Gasteiger partial charge >= 0.3 is 0 Å². The van der Waals surface area contributed by atoms with E-state index in [1.807, 2.05) is 0 Å². The van der Waals surface area contributed by atoms with Gasteiger partial charge < -0.3 is 10.5 Å². The molecular formula is C14H15FN2O3S. The third-order valence-electron chi connectivity index (χ3n) is 2.87. The Labute approximate surface area is 122 Å². The Bertz CT molecular complexity index is 730. The number of nitrogen functional groups attached to an aromatic ring is 1. The van der Waals surface area contributed by atoms with Crippen molar-refractivity contribution in [2.24, 2.45) is 0 Å². The topological polar surface area (TPSA) is 81.4 Å². The van der Waals surface area contributed by atoms with Gasteiger partial charge in [-0.2, -0.15) is 0 Å². The average molecular weight is 310 g/mol. The molecular weight excluding hydrogens is 295 g/mol. The molecule has 0 aromatic heterocycles. The molecule has 2 aromatic rings. The highest BCUT2D eigenvalue weighted by Gasteiger charge is 2.19. The number of nitrogens with one attached hydrogen (secondary N) is 1. The molecule has 0 aliphatic rings. The van der Waals surface area contributed by atoms with Crippen LogP contribution < -0.4 is 15.2 Å². The normalized spacial score (nSPS) is 11.3. The quantitative estimate of drug-likeness (QED) is 0.826. The fourth-order valence-corrected chi connectivity index (χ4v) is 2.85. The number of nitrogens with two attached hydrogens (primary N) is 1. The van der Waals surface area contributed by atoms with Crippen molar-refractivity contribution in [2.45, 2.75) is 11.4 Å². The maximum atomic E-state index is 13.6. The molecule has 0 heterocycles. The number of anilines is 1. The molecule has 0 aliphatic heterocycles. The van der Waals surface area contributed by atoms with Crippen molar-refractivity contribution in [3.05, 3.63) is 53.8 Å². The molecule has 0 unspecified atom stereocenters. The predicted molar refractivity (Wildman–Crippen MR) is 77.8 cm³/mol. The lowest BCUT2D eigenvalue weighted by Crippen LogP contribution is -2.24. The highest BCUT2D eigenvalue weighted by atomic mass is 32.2. The summed E-state index contributed by atoms with van der Waals surface area (Å²) in [4.78, 5) is -0.462. The van der Waals surface area contributed by atoms with Crippen molar-refractivity contribution >= 4 is 15.7 Å². The minimum atomic E-state index is -3.96. The molecule has 0 saturated carbocycles. The molecule has 0 spiro atoms. The SMILES string of the molecule is COc1ccc(CNS(=O)(=O)c2cc(N)ccc2F)cc1. The van der Waals surface area contributed by atoms with Crippen molar-refractivity contribution in [3.63, 3.8) is 0 Å². The van der Waals surface area contributed by atoms with Crippen LogP contribution in [0.25, 0.3) is 0 Å². The highest BCUT2D eigenvalue weighted by molar-refractivity contribution is 7.89. The third-order valence-corrected chi connectivity index (χ3v) is 4.29. The van der Waals surface area contributed by atoms with Crippen molar-refractivity contribution in [3.8, 4) is 5.75 Å². The Kier molecular flexibility index (Phi) is 4.44. The second-order valence-corrected chi connectivity index (χ2v) is 6.10. The Morgan fingerprint density at radius 2 is 1.86 bits per heavy atom. The number of halogens is 1. The summed E-state index contributed by atoms with van der Waals surface area (Å²) in [5.41, 5.74) is 6.40. The van der Waals surface area contributed by atoms with E-state index in [4.69, 9.17) is 10.5 Å². The molecule has 2 aromatic carbocycles. The van der Waals surface area contributed by atoms with Crippen LogP contribution in [-0.4, -0.2) is 15.5 Å². The van der Waals surface area contributed by atoms with Crippen molar-refractivity contribution in [1.29, 1.82) is 0 Å². The van der Waals surface area contributed by atoms with Gasteiger partial charge in [-0.3, -0.25) is 0 Å². The molecule has 5 nitrogen and oxygen atoms in total. The summed E-state index contributed by atoms with van der Waals surface area (Å²) in [5.74, 6) is -0.171. The number of rotatable bonds is 5. The molecule has 0 saturated heterocycles. The molecule has 0 radical (unpaired) electrons. The van der Waals surface area contributed by atoms with Gasteiger partial charge in [0.25, 0.3) is 0 Å². The minimum absolute atomic E-state index is 0.0422. The summed E-state index contributed by atoms with van der Waals surface area (Å²) >= 11 is 0. The van der Waals surface area contributed by atoms with Gasteiger partial charge in [-0.15, -0.1) is 0 Å². The van der Waals surface area contributed by atoms with Crippen LogP contribution in [0.5, 0.6) is 5.75 Å². The zero-order valence-corrected chi connectivity index (χ0v) is 12.2. The molecule has 21 heavy (non-hydrogen) atoms. The zero-order chi connectivity index (χ0) is 15.5. The van der Waals surface area contributed by atoms with Crippen LogP contribution >= 0.6 is 0 Å². The molecule has 0 fully saturated rings. The van der Waals surface area contributed by atoms with Gasteiger partial charge in [0, 0.05) is 12.2 Å². The molecule has 0 aliphatic carbocycles. The lowest BCUT2D eigenvalue weighted by Gasteiger charge is -2.09. The minimum Gasteiger partial charge on any atom is -0.497 e. The molecule has 3 N–H and O–H groups in total. The van der Waals surface area contributed by atoms with E-state index >= 15 is 0 Å². The first-order valence-corrected chi connectivity index (χ1v) is 7.58. The largest absolute Gasteiger partial charge is 0.497 e. The summed E-state index contributed by atoms with van der Waals surface area (Å²) in [6, 6.07) is 10.3. The van der Waals surface area contributed by atoms with E-state index in [0.717, 1.165) is 17.7 Å². The second-order valence-electron chi connectivity index (χ2n) is 4.36. The number of ether oxygens (including phenoxy) is 1. The van der Waals surface area contributed by atoms with Crippen LogP contribution in [0, 0.1) is 5.82 Å². The fraction of sp³-hybridized carbons (Fsp3) is 0.143. The van der Waals surface area contributed by atoms with Gasteiger partial charge in [-0.25, -0.2) is 17.5 Å². The number of benzene rings is 2. The average Bonchev–Trinajstić information content (AvgIpc) is 2.48. The first-order valence-electron chi connectivity index (χ1n) is 6.10. The summed E-state index contributed by atoms with van der Waals surface area (Å²) in [6.07, 6.45) is 0. The Hall–Kier alpha value is -2.12. The molecule has 0 atom stereocenters. The van der Waals surface area contributed by atoms with Gasteiger partial charge in [0.1, 0.15) is 16.5 Å². The van der Waals surface area contributed by atoms with E-state index < -0.39 is 20.7 Å². The number of hydrogen-bond acceptors (Lipinski definition) is 4. The molecule has 2 rings (SSSR count). The van der Waals surface area contributed by atoms with Gasteiger partial charge in [0.2, 0.25) is 10.0 Å². The standard InChI is InChI=1S/C14H15FN2O3S/c1-20-12-5-2-10(3-6-12)9-17-21(18,19)14-8-11(16)4-7-13(14)15/h2-8,17H,9,16H2,1H3. The van der Waals surface area contributed by atoms with Gasteiger partial charge in [-0.05, 0) is 35.9 Å². The molecule has 112 valence electrons. The van der Waals surface area contributed by atoms with Crippen LogP contribution in [0.1, 0.15) is 5.56 Å². The monoisotopic (exact) mass is 310 g/mol. The smallest absolute Gasteiger partial charge is 0.243 e. The lowest BCUT2D eigenvalue weighted by molar-refractivity contribution is 0.414. The van der Waals surface area contributed by atoms with E-state index in [-0.39, 0.29) is 12.2 Å². The predicted octanol–water partition coefficient (Wildman–Crippen LogP) is 1.90. The zero-order valence-electron chi connectivity index (χ0n) is 11.3. The van der Waals surface area contributed by atoms with Gasteiger partial charge in [-0.1, -0.05) is 12.1 Å². The Morgan fingerprint density at radius 3 is 2.48 bits per heavy atom. The maximum absolute atomic E-state index is 13.6. The van der Waals surface area contributed by atoms with Crippen molar-refractivity contribution in [2.75, 3.05) is 12.8 Å². The van der Waals surface area contributed by atoms with Crippen LogP contribution in [-0.2, 0) is 16.6 Å². The number of hydrogen-bond donors (Lipinski definition) is 2. The second kappa shape index (κ2) is 6.11. The first-order chi connectivity index (χ1) is 9.92. The van der Waals surface area contributed by atoms with Crippen LogP contribution in [0.3, 0.4) is 0 Å². The van der Waals surface area contributed by atoms with Gasteiger partial charge in [0.05, 0.1) is 7.11 Å². The van der Waals surface area contributed by atoms with Crippen molar-refractivity contribution < 1.29 is 17.5 Å². The van der Waals surface area contributed by atoms with Crippen LogP contribution in [0.15, 0.2) is 47.4 Å². The van der Waals surface area contributed by atoms with Crippen LogP contribution in [0.4, 0.5) is 10.1 Å². The van der Waals surface area contributed by atoms with E-state index in [1.165, 1.54) is 6.07 Å². The molecule has 0 amide bonds. The third kappa shape index (κ3) is 3.71. The highest BCUT2D eigenvalue weighted by Crippen LogP contribution is 2.18. The molecule has 0 bridgehead atoms. The van der Waals surface area contributed by atoms with Crippen molar-refractivity contribution in [1.82, 2.24) is 4.72 Å². The summed E-state index contributed by atoms with van der Waals surface area (Å²) in [6.45, 7) is 0.0422. The maximum Gasteiger partial charge on any atom is 0.243 e.